The van der Waals surface area contributed by atoms with Crippen LogP contribution in [-0.2, 0) is 20.9 Å². The highest BCUT2D eigenvalue weighted by Gasteiger charge is 2.32. The number of halogens is 3. The van der Waals surface area contributed by atoms with Crippen LogP contribution in [0, 0.1) is 11.6 Å². The molecule has 0 N–H and O–H groups in total. The van der Waals surface area contributed by atoms with Gasteiger partial charge >= 0.3 is 7.15 Å². The second kappa shape index (κ2) is 4.98. The van der Waals surface area contributed by atoms with Gasteiger partial charge < -0.3 is 0 Å². The van der Waals surface area contributed by atoms with Gasteiger partial charge in [0.1, 0.15) is 12.7 Å². The molecule has 0 radical (unpaired) electrons. The van der Waals surface area contributed by atoms with Gasteiger partial charge in [0.15, 0.2) is 11.6 Å². The second-order valence-electron chi connectivity index (χ2n) is 3.23. The first kappa shape index (κ1) is 12.3. The zero-order valence-corrected chi connectivity index (χ0v) is 10.4. The average molecular weight is 284 g/mol. The fraction of sp³-hybridized carbons (Fsp3) is 0.333. The van der Waals surface area contributed by atoms with Gasteiger partial charge in [0.25, 0.3) is 0 Å². The lowest BCUT2D eigenvalue weighted by Gasteiger charge is -2.16. The van der Waals surface area contributed by atoms with E-state index in [-0.39, 0.29) is 5.02 Å². The van der Waals surface area contributed by atoms with Crippen LogP contribution < -0.4 is 0 Å². The van der Waals surface area contributed by atoms with Crippen LogP contribution >= 0.6 is 18.8 Å². The van der Waals surface area contributed by atoms with Crippen molar-refractivity contribution in [1.29, 1.82) is 0 Å². The molecular weight excluding hydrogens is 277 g/mol. The van der Waals surface area contributed by atoms with E-state index in [1.165, 1.54) is 0 Å². The molecule has 0 aliphatic carbocycles. The molecule has 0 saturated carbocycles. The first-order chi connectivity index (χ1) is 7.58. The minimum atomic E-state index is -1.38. The highest BCUT2D eigenvalue weighted by Crippen LogP contribution is 2.42. The molecule has 2 rings (SSSR count). The molecule has 1 aromatic rings. The maximum absolute atomic E-state index is 13.1. The third kappa shape index (κ3) is 2.55. The highest BCUT2D eigenvalue weighted by atomic mass is 35.5. The van der Waals surface area contributed by atoms with Crippen molar-refractivity contribution in [2.75, 3.05) is 6.61 Å². The van der Waals surface area contributed by atoms with E-state index in [9.17, 15) is 8.78 Å². The monoisotopic (exact) mass is 283 g/mol. The van der Waals surface area contributed by atoms with E-state index in [1.54, 1.807) is 0 Å². The number of benzene rings is 1. The van der Waals surface area contributed by atoms with Gasteiger partial charge in [-0.1, -0.05) is 11.6 Å². The summed E-state index contributed by atoms with van der Waals surface area (Å²) >= 11 is 10.7. The van der Waals surface area contributed by atoms with Gasteiger partial charge in [0.05, 0.1) is 0 Å². The topological polar surface area (TPSA) is 18.5 Å². The lowest BCUT2D eigenvalue weighted by atomic mass is 10.1. The van der Waals surface area contributed by atoms with Gasteiger partial charge in [-0.15, -0.1) is 9.05 Å². The van der Waals surface area contributed by atoms with Crippen molar-refractivity contribution in [3.63, 3.8) is 0 Å². The maximum Gasteiger partial charge on any atom is 0.522 e. The molecule has 1 aliphatic heterocycles. The van der Waals surface area contributed by atoms with Crippen LogP contribution in [0.15, 0.2) is 12.1 Å². The Hall–Kier alpha value is -0.190. The fourth-order valence-corrected chi connectivity index (χ4v) is 2.97. The molecule has 2 atom stereocenters. The van der Waals surface area contributed by atoms with Crippen LogP contribution in [-0.4, -0.2) is 6.61 Å². The van der Waals surface area contributed by atoms with E-state index in [2.05, 4.69) is 0 Å². The molecule has 1 heterocycles. The van der Waals surface area contributed by atoms with Crippen LogP contribution in [0.1, 0.15) is 18.1 Å². The largest absolute Gasteiger partial charge is 0.522 e. The molecular formula is C9H7ClF2O2PS+. The SMILES string of the molecule is Fc1cc(Cl)c(C2CCO[P+](=S)O2)cc1F. The van der Waals surface area contributed by atoms with Crippen LogP contribution in [0.5, 0.6) is 0 Å². The Morgan fingerprint density at radius 2 is 2.06 bits per heavy atom. The van der Waals surface area contributed by atoms with Crippen molar-refractivity contribution in [3.05, 3.63) is 34.4 Å². The van der Waals surface area contributed by atoms with Gasteiger partial charge in [0.2, 0.25) is 11.8 Å². The van der Waals surface area contributed by atoms with Crippen LogP contribution in [0.2, 0.25) is 5.02 Å². The summed E-state index contributed by atoms with van der Waals surface area (Å²) in [5, 5.41) is 0.143. The number of hydrogen-bond donors (Lipinski definition) is 0. The summed E-state index contributed by atoms with van der Waals surface area (Å²) in [5.74, 6) is -1.91. The van der Waals surface area contributed by atoms with Gasteiger partial charge in [-0.3, -0.25) is 0 Å². The minimum absolute atomic E-state index is 0.143. The summed E-state index contributed by atoms with van der Waals surface area (Å²) in [7, 11) is -1.38. The van der Waals surface area contributed by atoms with E-state index in [1.807, 2.05) is 0 Å². The van der Waals surface area contributed by atoms with Crippen molar-refractivity contribution >= 4 is 30.6 Å². The Bertz CT molecular complexity index is 444. The van der Waals surface area contributed by atoms with Gasteiger partial charge in [0, 0.05) is 17.0 Å². The zero-order chi connectivity index (χ0) is 11.7. The Balaban J connectivity index is 2.32. The Morgan fingerprint density at radius 1 is 1.38 bits per heavy atom. The molecule has 7 heteroatoms. The zero-order valence-electron chi connectivity index (χ0n) is 7.95. The Kier molecular flexibility index (Phi) is 3.82. The molecule has 86 valence electrons. The Labute approximate surface area is 102 Å². The van der Waals surface area contributed by atoms with Crippen LogP contribution in [0.4, 0.5) is 8.78 Å². The predicted molar refractivity (Wildman–Crippen MR) is 60.0 cm³/mol. The fourth-order valence-electron chi connectivity index (χ4n) is 1.42. The number of hydrogen-bond acceptors (Lipinski definition) is 3. The van der Waals surface area contributed by atoms with Crippen molar-refractivity contribution in [2.24, 2.45) is 0 Å². The summed E-state index contributed by atoms with van der Waals surface area (Å²) in [6.45, 7) is 0.440. The third-order valence-corrected chi connectivity index (χ3v) is 3.90. The smallest absolute Gasteiger partial charge is 0.204 e. The molecule has 1 fully saturated rings. The lowest BCUT2D eigenvalue weighted by Crippen LogP contribution is -2.10. The van der Waals surface area contributed by atoms with E-state index in [0.717, 1.165) is 12.1 Å². The summed E-state index contributed by atoms with van der Waals surface area (Å²) in [6, 6.07) is 1.99. The molecule has 0 amide bonds. The maximum atomic E-state index is 13.1. The van der Waals surface area contributed by atoms with Gasteiger partial charge in [-0.05, 0) is 12.1 Å². The summed E-state index contributed by atoms with van der Waals surface area (Å²) in [4.78, 5) is 0. The van der Waals surface area contributed by atoms with Crippen molar-refractivity contribution in [3.8, 4) is 0 Å². The molecule has 0 spiro atoms. The van der Waals surface area contributed by atoms with Gasteiger partial charge in [-0.25, -0.2) is 8.78 Å². The molecule has 0 bridgehead atoms. The average Bonchev–Trinajstić information content (AvgIpc) is 2.23. The molecule has 1 aliphatic rings. The van der Waals surface area contributed by atoms with E-state index in [4.69, 9.17) is 32.5 Å². The first-order valence-electron chi connectivity index (χ1n) is 4.49. The van der Waals surface area contributed by atoms with E-state index >= 15 is 0 Å². The van der Waals surface area contributed by atoms with Gasteiger partial charge in [-0.2, -0.15) is 0 Å². The summed E-state index contributed by atoms with van der Waals surface area (Å²) < 4.78 is 36.3. The lowest BCUT2D eigenvalue weighted by molar-refractivity contribution is 0.119. The molecule has 1 saturated heterocycles. The predicted octanol–water partition coefficient (Wildman–Crippen LogP) is 3.87. The molecule has 16 heavy (non-hydrogen) atoms. The standard InChI is InChI=1S/C9H7ClF2O2PS/c10-6-4-8(12)7(11)3-5(6)9-1-2-13-15(16)14-9/h3-4,9H,1-2H2/q+1. The quantitative estimate of drug-likeness (QED) is 0.576. The highest BCUT2D eigenvalue weighted by molar-refractivity contribution is 8.00. The first-order valence-corrected chi connectivity index (χ1v) is 7.06. The van der Waals surface area contributed by atoms with Crippen LogP contribution in [0.3, 0.4) is 0 Å². The van der Waals surface area contributed by atoms with E-state index in [0.29, 0.717) is 18.6 Å². The molecule has 2 unspecified atom stereocenters. The van der Waals surface area contributed by atoms with Crippen molar-refractivity contribution < 1.29 is 17.8 Å². The van der Waals surface area contributed by atoms with Crippen molar-refractivity contribution in [1.82, 2.24) is 0 Å². The molecule has 2 nitrogen and oxygen atoms in total. The molecule has 0 aromatic heterocycles. The molecule has 1 aromatic carbocycles. The summed E-state index contributed by atoms with van der Waals surface area (Å²) in [6.07, 6.45) is 0.111. The number of rotatable bonds is 1. The van der Waals surface area contributed by atoms with E-state index < -0.39 is 24.9 Å². The summed E-state index contributed by atoms with van der Waals surface area (Å²) in [5.41, 5.74) is 0.418. The second-order valence-corrected chi connectivity index (χ2v) is 5.45. The third-order valence-electron chi connectivity index (χ3n) is 2.18. The minimum Gasteiger partial charge on any atom is -0.204 e. The normalized spacial score (nSPS) is 23.4. The van der Waals surface area contributed by atoms with Crippen molar-refractivity contribution in [2.45, 2.75) is 12.5 Å². The Morgan fingerprint density at radius 3 is 2.75 bits per heavy atom. The van der Waals surface area contributed by atoms with Crippen LogP contribution in [0.25, 0.3) is 0 Å².